The number of H-pyrrole nitrogens is 1. The first kappa shape index (κ1) is 17.4. The van der Waals surface area contributed by atoms with Crippen molar-refractivity contribution in [3.8, 4) is 11.3 Å². The zero-order valence-corrected chi connectivity index (χ0v) is 15.0. The molecule has 0 aliphatic carbocycles. The normalized spacial score (nSPS) is 12.5. The van der Waals surface area contributed by atoms with Crippen LogP contribution in [0.5, 0.6) is 0 Å². The molecule has 3 aromatic rings. The molecule has 4 nitrogen and oxygen atoms in total. The lowest BCUT2D eigenvalue weighted by Crippen LogP contribution is -2.24. The molecule has 0 fully saturated rings. The van der Waals surface area contributed by atoms with Crippen molar-refractivity contribution in [2.24, 2.45) is 0 Å². The van der Waals surface area contributed by atoms with Crippen molar-refractivity contribution in [3.05, 3.63) is 77.0 Å². The van der Waals surface area contributed by atoms with E-state index in [4.69, 9.17) is 0 Å². The van der Waals surface area contributed by atoms with E-state index in [2.05, 4.69) is 47.1 Å². The topological polar surface area (TPSA) is 52.2 Å². The van der Waals surface area contributed by atoms with E-state index < -0.39 is 6.10 Å². The van der Waals surface area contributed by atoms with Gasteiger partial charge < -0.3 is 5.11 Å². The molecule has 2 aromatic carbocycles. The number of rotatable bonds is 6. The Morgan fingerprint density at radius 3 is 2.56 bits per heavy atom. The van der Waals surface area contributed by atoms with Crippen LogP contribution in [0.3, 0.4) is 0 Å². The molecule has 0 spiro atoms. The first-order valence-corrected chi connectivity index (χ1v) is 8.56. The van der Waals surface area contributed by atoms with Gasteiger partial charge in [-0.05, 0) is 43.7 Å². The summed E-state index contributed by atoms with van der Waals surface area (Å²) in [5, 5.41) is 17.8. The highest BCUT2D eigenvalue weighted by Crippen LogP contribution is 2.25. The monoisotopic (exact) mass is 335 g/mol. The zero-order valence-electron chi connectivity index (χ0n) is 15.0. The molecule has 1 unspecified atom stereocenters. The lowest BCUT2D eigenvalue weighted by Gasteiger charge is -2.21. The highest BCUT2D eigenvalue weighted by molar-refractivity contribution is 5.64. The SMILES string of the molecule is Cc1ccc(-c2[nH]ncc2CN(C)CC(O)c2ccccc2)cc1C. The lowest BCUT2D eigenvalue weighted by molar-refractivity contribution is 0.124. The number of aryl methyl sites for hydroxylation is 2. The van der Waals surface area contributed by atoms with Crippen molar-refractivity contribution in [2.45, 2.75) is 26.5 Å². The molecule has 0 amide bonds. The van der Waals surface area contributed by atoms with Crippen molar-refractivity contribution < 1.29 is 5.11 Å². The van der Waals surface area contributed by atoms with E-state index in [-0.39, 0.29) is 0 Å². The van der Waals surface area contributed by atoms with Gasteiger partial charge in [-0.2, -0.15) is 5.10 Å². The summed E-state index contributed by atoms with van der Waals surface area (Å²) >= 11 is 0. The molecule has 1 atom stereocenters. The van der Waals surface area contributed by atoms with E-state index in [1.807, 2.05) is 43.6 Å². The summed E-state index contributed by atoms with van der Waals surface area (Å²) in [6.45, 7) is 5.53. The van der Waals surface area contributed by atoms with Crippen LogP contribution < -0.4 is 0 Å². The number of aromatic amines is 1. The van der Waals surface area contributed by atoms with Crippen molar-refractivity contribution >= 4 is 0 Å². The quantitative estimate of drug-likeness (QED) is 0.719. The summed E-state index contributed by atoms with van der Waals surface area (Å²) in [6, 6.07) is 16.2. The smallest absolute Gasteiger partial charge is 0.0916 e. The van der Waals surface area contributed by atoms with Gasteiger partial charge in [0.05, 0.1) is 18.0 Å². The fraction of sp³-hybridized carbons (Fsp3) is 0.286. The highest BCUT2D eigenvalue weighted by Gasteiger charge is 2.14. The Balaban J connectivity index is 1.71. The Kier molecular flexibility index (Phi) is 5.31. The van der Waals surface area contributed by atoms with E-state index >= 15 is 0 Å². The van der Waals surface area contributed by atoms with Gasteiger partial charge >= 0.3 is 0 Å². The second kappa shape index (κ2) is 7.64. The number of nitrogens with one attached hydrogen (secondary N) is 1. The van der Waals surface area contributed by atoms with Gasteiger partial charge in [0.25, 0.3) is 0 Å². The molecular weight excluding hydrogens is 310 g/mol. The molecule has 0 saturated heterocycles. The summed E-state index contributed by atoms with van der Waals surface area (Å²) < 4.78 is 0. The van der Waals surface area contributed by atoms with Crippen LogP contribution in [0.1, 0.15) is 28.4 Å². The molecule has 1 aromatic heterocycles. The number of likely N-dealkylation sites (N-methyl/N-ethyl adjacent to an activating group) is 1. The maximum absolute atomic E-state index is 10.4. The standard InChI is InChI=1S/C21H25N3O/c1-15-9-10-18(11-16(15)2)21-19(12-22-23-21)13-24(3)14-20(25)17-7-5-4-6-8-17/h4-12,20,25H,13-14H2,1-3H3,(H,22,23). The molecule has 3 rings (SSSR count). The van der Waals surface area contributed by atoms with Gasteiger partial charge in [-0.1, -0.05) is 42.5 Å². The molecule has 0 aliphatic heterocycles. The van der Waals surface area contributed by atoms with Gasteiger partial charge in [0, 0.05) is 24.2 Å². The summed E-state index contributed by atoms with van der Waals surface area (Å²) in [5.41, 5.74) is 6.82. The minimum absolute atomic E-state index is 0.497. The van der Waals surface area contributed by atoms with Crippen LogP contribution >= 0.6 is 0 Å². The number of aromatic nitrogens is 2. The number of nitrogens with zero attached hydrogens (tertiary/aromatic N) is 2. The molecule has 0 aliphatic rings. The molecule has 2 N–H and O–H groups in total. The minimum Gasteiger partial charge on any atom is -0.387 e. The van der Waals surface area contributed by atoms with Crippen molar-refractivity contribution in [1.82, 2.24) is 15.1 Å². The van der Waals surface area contributed by atoms with Crippen LogP contribution in [0, 0.1) is 13.8 Å². The van der Waals surface area contributed by atoms with E-state index in [9.17, 15) is 5.11 Å². The van der Waals surface area contributed by atoms with Gasteiger partial charge in [0.1, 0.15) is 0 Å². The molecular formula is C21H25N3O. The molecule has 25 heavy (non-hydrogen) atoms. The zero-order chi connectivity index (χ0) is 17.8. The Hall–Kier alpha value is -2.43. The Morgan fingerprint density at radius 1 is 1.08 bits per heavy atom. The van der Waals surface area contributed by atoms with Gasteiger partial charge in [-0.15, -0.1) is 0 Å². The Bertz CT molecular complexity index is 826. The highest BCUT2D eigenvalue weighted by atomic mass is 16.3. The second-order valence-corrected chi connectivity index (χ2v) is 6.69. The maximum Gasteiger partial charge on any atom is 0.0916 e. The summed E-state index contributed by atoms with van der Waals surface area (Å²) in [5.74, 6) is 0. The first-order chi connectivity index (χ1) is 12.0. The molecule has 130 valence electrons. The van der Waals surface area contributed by atoms with Crippen molar-refractivity contribution in [1.29, 1.82) is 0 Å². The van der Waals surface area contributed by atoms with Crippen molar-refractivity contribution in [2.75, 3.05) is 13.6 Å². The van der Waals surface area contributed by atoms with E-state index in [0.717, 1.165) is 28.9 Å². The number of benzene rings is 2. The second-order valence-electron chi connectivity index (χ2n) is 6.69. The van der Waals surface area contributed by atoms with Gasteiger partial charge in [0.2, 0.25) is 0 Å². The number of aliphatic hydroxyl groups excluding tert-OH is 1. The third-order valence-electron chi connectivity index (χ3n) is 4.62. The van der Waals surface area contributed by atoms with Gasteiger partial charge in [-0.3, -0.25) is 10.00 Å². The molecule has 4 heteroatoms. The van der Waals surface area contributed by atoms with E-state index in [1.165, 1.54) is 11.1 Å². The largest absolute Gasteiger partial charge is 0.387 e. The molecule has 0 bridgehead atoms. The summed E-state index contributed by atoms with van der Waals surface area (Å²) in [6.07, 6.45) is 1.37. The fourth-order valence-electron chi connectivity index (χ4n) is 3.01. The Morgan fingerprint density at radius 2 is 1.84 bits per heavy atom. The molecule has 1 heterocycles. The van der Waals surface area contributed by atoms with Crippen LogP contribution in [0.25, 0.3) is 11.3 Å². The van der Waals surface area contributed by atoms with Crippen LogP contribution in [0.4, 0.5) is 0 Å². The summed E-state index contributed by atoms with van der Waals surface area (Å²) in [4.78, 5) is 2.12. The van der Waals surface area contributed by atoms with Crippen molar-refractivity contribution in [3.63, 3.8) is 0 Å². The lowest BCUT2D eigenvalue weighted by atomic mass is 10.0. The van der Waals surface area contributed by atoms with Gasteiger partial charge in [0.15, 0.2) is 0 Å². The van der Waals surface area contributed by atoms with E-state index in [0.29, 0.717) is 6.54 Å². The van der Waals surface area contributed by atoms with Crippen LogP contribution in [0.2, 0.25) is 0 Å². The first-order valence-electron chi connectivity index (χ1n) is 8.56. The van der Waals surface area contributed by atoms with Crippen LogP contribution in [-0.4, -0.2) is 33.8 Å². The molecule has 0 saturated carbocycles. The third kappa shape index (κ3) is 4.16. The average molecular weight is 335 g/mol. The molecule has 0 radical (unpaired) electrons. The fourth-order valence-corrected chi connectivity index (χ4v) is 3.01. The average Bonchev–Trinajstić information content (AvgIpc) is 3.06. The number of hydrogen-bond donors (Lipinski definition) is 2. The predicted molar refractivity (Wildman–Crippen MR) is 101 cm³/mol. The number of hydrogen-bond acceptors (Lipinski definition) is 3. The minimum atomic E-state index is -0.497. The van der Waals surface area contributed by atoms with E-state index in [1.54, 1.807) is 0 Å². The predicted octanol–water partition coefficient (Wildman–Crippen LogP) is 3.86. The van der Waals surface area contributed by atoms with Gasteiger partial charge in [-0.25, -0.2) is 0 Å². The summed E-state index contributed by atoms with van der Waals surface area (Å²) in [7, 11) is 2.02. The third-order valence-corrected chi connectivity index (χ3v) is 4.62. The maximum atomic E-state index is 10.4. The van der Waals surface area contributed by atoms with Crippen LogP contribution in [-0.2, 0) is 6.54 Å². The number of aliphatic hydroxyl groups is 1. The Labute approximate surface area is 149 Å². The van der Waals surface area contributed by atoms with Crippen LogP contribution in [0.15, 0.2) is 54.7 Å².